The van der Waals surface area contributed by atoms with E-state index in [0.717, 1.165) is 124 Å². The Hall–Kier alpha value is -7.17. The normalized spacial score (nSPS) is 11.3. The molecule has 9 rings (SSSR count). The summed E-state index contributed by atoms with van der Waals surface area (Å²) in [4.78, 5) is 31.9. The van der Waals surface area contributed by atoms with Crippen LogP contribution in [-0.4, -0.2) is 91.2 Å². The zero-order chi connectivity index (χ0) is 57.5. The number of pyridine rings is 3. The molecule has 0 fully saturated rings. The van der Waals surface area contributed by atoms with Gasteiger partial charge in [0.05, 0.1) is 58.6 Å². The maximum absolute atomic E-state index is 8.97. The molecule has 80 heavy (non-hydrogen) atoms. The van der Waals surface area contributed by atoms with Crippen LogP contribution in [-0.2, 0) is 12.8 Å². The van der Waals surface area contributed by atoms with E-state index in [-0.39, 0.29) is 31.5 Å². The summed E-state index contributed by atoms with van der Waals surface area (Å²) >= 11 is 4.74. The molecule has 0 aliphatic carbocycles. The highest BCUT2D eigenvalue weighted by atomic mass is 32.1. The minimum Gasteiger partial charge on any atom is -0.491 e. The molecule has 422 valence electrons. The molecule has 0 amide bonds. The molecule has 0 saturated carbocycles. The van der Waals surface area contributed by atoms with E-state index < -0.39 is 0 Å². The first-order chi connectivity index (χ1) is 38.4. The lowest BCUT2D eigenvalue weighted by molar-refractivity contribution is 0.201. The van der Waals surface area contributed by atoms with Gasteiger partial charge in [0.2, 0.25) is 6.54 Å². The molecule has 0 atom stereocenters. The first-order valence-corrected chi connectivity index (χ1v) is 30.1. The second kappa shape index (κ2) is 28.8. The Morgan fingerprint density at radius 2 is 0.863 bits per heavy atom. The van der Waals surface area contributed by atoms with Crippen LogP contribution >= 0.6 is 34.0 Å². The number of nitrogens with one attached hydrogen (secondary N) is 3. The number of ether oxygens (including phenoxy) is 4. The molecule has 0 aliphatic heterocycles. The highest BCUT2D eigenvalue weighted by molar-refractivity contribution is 7.14. The summed E-state index contributed by atoms with van der Waals surface area (Å²) < 4.78 is 23.7. The van der Waals surface area contributed by atoms with Crippen molar-refractivity contribution in [3.05, 3.63) is 111 Å². The van der Waals surface area contributed by atoms with Gasteiger partial charge >= 0.3 is 0 Å². The highest BCUT2D eigenvalue weighted by Gasteiger charge is 2.18. The number of hydrogen-bond acceptors (Lipinski definition) is 17. The maximum Gasteiger partial charge on any atom is 0.218 e. The second-order valence-corrected chi connectivity index (χ2v) is 23.4. The molecule has 6 heterocycles. The number of benzene rings is 3. The van der Waals surface area contributed by atoms with Gasteiger partial charge in [0.25, 0.3) is 0 Å². The minimum atomic E-state index is -0.0301. The molecule has 3 aromatic carbocycles. The fourth-order valence-corrected chi connectivity index (χ4v) is 10.8. The SMILES string of the molecule is CC(C)Nc1nc(-c2cc(OC(C)C)c3ccc(OCCO)cc3n2)cs1.CCCc1ccc2c(OC(C)C)cc(-c3csc(NC(C)C)n3)nc2c1.[C-]#[N+]CCc1ccc2c(OC(C)C)cc(-c3csc(NC(C)C)n3)nc2c1. The molecular formula is C62H76N10O5S3. The quantitative estimate of drug-likeness (QED) is 0.0472. The van der Waals surface area contributed by atoms with Gasteiger partial charge in [-0.05, 0) is 137 Å². The Labute approximate surface area is 483 Å². The summed E-state index contributed by atoms with van der Waals surface area (Å²) in [5.74, 6) is 3.12. The van der Waals surface area contributed by atoms with Crippen LogP contribution in [0, 0.1) is 6.57 Å². The molecule has 18 heteroatoms. The van der Waals surface area contributed by atoms with Crippen molar-refractivity contribution in [2.45, 2.75) is 146 Å². The van der Waals surface area contributed by atoms with Gasteiger partial charge in [0.15, 0.2) is 15.4 Å². The molecule has 6 aromatic heterocycles. The topological polar surface area (TPSA) is 175 Å². The van der Waals surface area contributed by atoms with Crippen molar-refractivity contribution in [2.24, 2.45) is 0 Å². The Morgan fingerprint density at radius 1 is 0.487 bits per heavy atom. The van der Waals surface area contributed by atoms with Crippen molar-refractivity contribution in [3.8, 4) is 57.2 Å². The van der Waals surface area contributed by atoms with Crippen LogP contribution in [0.4, 0.5) is 15.4 Å². The first-order valence-electron chi connectivity index (χ1n) is 27.4. The van der Waals surface area contributed by atoms with Crippen molar-refractivity contribution in [3.63, 3.8) is 0 Å². The molecule has 0 bridgehead atoms. The van der Waals surface area contributed by atoms with Crippen LogP contribution in [0.3, 0.4) is 0 Å². The van der Waals surface area contributed by atoms with Gasteiger partial charge in [0.1, 0.15) is 46.7 Å². The number of hydrogen-bond donors (Lipinski definition) is 4. The molecule has 0 radical (unpaired) electrons. The molecule has 4 N–H and O–H groups in total. The average Bonchev–Trinajstić information content (AvgIpc) is 4.26. The Morgan fingerprint density at radius 3 is 1.21 bits per heavy atom. The van der Waals surface area contributed by atoms with Gasteiger partial charge in [-0.15, -0.1) is 34.0 Å². The lowest BCUT2D eigenvalue weighted by atomic mass is 10.1. The third kappa shape index (κ3) is 17.2. The lowest BCUT2D eigenvalue weighted by Crippen LogP contribution is -2.09. The predicted octanol–water partition coefficient (Wildman–Crippen LogP) is 15.7. The van der Waals surface area contributed by atoms with Crippen LogP contribution < -0.4 is 34.9 Å². The largest absolute Gasteiger partial charge is 0.491 e. The minimum absolute atomic E-state index is 0.0301. The van der Waals surface area contributed by atoms with E-state index in [1.165, 1.54) is 5.56 Å². The summed E-state index contributed by atoms with van der Waals surface area (Å²) in [5.41, 5.74) is 9.96. The maximum atomic E-state index is 8.97. The Kier molecular flexibility index (Phi) is 21.8. The van der Waals surface area contributed by atoms with Gasteiger partial charge < -0.3 is 44.8 Å². The zero-order valence-corrected chi connectivity index (χ0v) is 50.8. The number of rotatable bonds is 22. The van der Waals surface area contributed by atoms with E-state index in [0.29, 0.717) is 30.4 Å². The van der Waals surface area contributed by atoms with Crippen molar-refractivity contribution >= 4 is 82.1 Å². The monoisotopic (exact) mass is 1140 g/mol. The molecule has 9 aromatic rings. The Balaban J connectivity index is 0.000000173. The van der Waals surface area contributed by atoms with E-state index in [1.807, 2.05) is 100 Å². The van der Waals surface area contributed by atoms with E-state index >= 15 is 0 Å². The van der Waals surface area contributed by atoms with Crippen LogP contribution in [0.5, 0.6) is 23.0 Å². The van der Waals surface area contributed by atoms with E-state index in [1.54, 1.807) is 34.0 Å². The molecule has 0 spiro atoms. The molecule has 0 aliphatic rings. The van der Waals surface area contributed by atoms with Crippen LogP contribution in [0.15, 0.2) is 88.9 Å². The third-order valence-electron chi connectivity index (χ3n) is 11.5. The number of aliphatic hydroxyl groups excluding tert-OH is 1. The van der Waals surface area contributed by atoms with E-state index in [4.69, 9.17) is 50.6 Å². The number of aromatic nitrogens is 6. The van der Waals surface area contributed by atoms with Gasteiger partial charge in [0, 0.05) is 81.1 Å². The summed E-state index contributed by atoms with van der Waals surface area (Å²) in [6.07, 6.45) is 3.13. The van der Waals surface area contributed by atoms with Crippen molar-refractivity contribution in [1.29, 1.82) is 0 Å². The van der Waals surface area contributed by atoms with Gasteiger partial charge in [-0.25, -0.2) is 36.5 Å². The number of anilines is 3. The van der Waals surface area contributed by atoms with Crippen molar-refractivity contribution in [2.75, 3.05) is 35.7 Å². The van der Waals surface area contributed by atoms with Gasteiger partial charge in [-0.3, -0.25) is 0 Å². The summed E-state index contributed by atoms with van der Waals surface area (Å²) in [7, 11) is 0. The molecular weight excluding hydrogens is 1060 g/mol. The number of nitrogens with zero attached hydrogens (tertiary/aromatic N) is 7. The smallest absolute Gasteiger partial charge is 0.218 e. The van der Waals surface area contributed by atoms with Crippen molar-refractivity contribution in [1.82, 2.24) is 29.9 Å². The summed E-state index contributed by atoms with van der Waals surface area (Å²) in [6.45, 7) is 34.6. The molecule has 0 unspecified atom stereocenters. The van der Waals surface area contributed by atoms with Gasteiger partial charge in [-0.1, -0.05) is 25.5 Å². The predicted molar refractivity (Wildman–Crippen MR) is 334 cm³/mol. The van der Waals surface area contributed by atoms with Crippen LogP contribution in [0.25, 0.3) is 71.7 Å². The highest BCUT2D eigenvalue weighted by Crippen LogP contribution is 2.37. The van der Waals surface area contributed by atoms with Crippen LogP contribution in [0.2, 0.25) is 0 Å². The number of thiazole rings is 3. The summed E-state index contributed by atoms with van der Waals surface area (Å²) in [5, 5.41) is 30.7. The number of aryl methyl sites for hydroxylation is 1. The van der Waals surface area contributed by atoms with E-state index in [2.05, 4.69) is 110 Å². The fourth-order valence-electron chi connectivity index (χ4n) is 8.26. The fraction of sp³-hybridized carbons (Fsp3) is 0.403. The summed E-state index contributed by atoms with van der Waals surface area (Å²) in [6, 6.07) is 25.2. The Bertz CT molecular complexity index is 3490. The number of aliphatic hydroxyl groups is 1. The standard InChI is InChI=1S/C21H24N4OS.C21H27N3OS.C20H25N3O3S/c1-13(2)23-21-25-19(12-27-21)18-11-20(26-14(3)4)16-7-6-15(8-9-22-5)10-17(16)24-18;1-6-7-15-8-9-16-17(10-15)23-18(11-20(16)25-14(4)5)19-12-26-21(24-19)22-13(2)3;1-12(2)21-20-23-18(11-27-20)17-10-19(26-13(3)4)15-6-5-14(25-8-7-24)9-16(15)22-17/h6-7,10-14H,8-9H2,1-4H3,(H,23,25);8-14H,6-7H2,1-5H3,(H,22,24);5-6,9-13,24H,7-8H2,1-4H3,(H,21,23). The van der Waals surface area contributed by atoms with Crippen LogP contribution in [0.1, 0.15) is 108 Å². The van der Waals surface area contributed by atoms with E-state index in [9.17, 15) is 0 Å². The molecule has 15 nitrogen and oxygen atoms in total. The first kappa shape index (κ1) is 60.5. The molecule has 0 saturated heterocycles. The average molecular weight is 1140 g/mol. The number of fused-ring (bicyclic) bond motifs is 3. The zero-order valence-electron chi connectivity index (χ0n) is 48.3. The van der Waals surface area contributed by atoms with Gasteiger partial charge in [-0.2, -0.15) is 0 Å². The third-order valence-corrected chi connectivity index (χ3v) is 13.8. The van der Waals surface area contributed by atoms with Crippen molar-refractivity contribution < 1.29 is 24.1 Å². The second-order valence-electron chi connectivity index (χ2n) is 20.9. The lowest BCUT2D eigenvalue weighted by Gasteiger charge is -2.14.